The summed E-state index contributed by atoms with van der Waals surface area (Å²) in [5, 5.41) is 2.83. The van der Waals surface area contributed by atoms with Gasteiger partial charge in [-0.25, -0.2) is 13.8 Å². The molecule has 0 radical (unpaired) electrons. The van der Waals surface area contributed by atoms with Crippen molar-refractivity contribution in [1.82, 2.24) is 14.7 Å². The summed E-state index contributed by atoms with van der Waals surface area (Å²) < 4.78 is 54.5. The molecule has 1 atom stereocenters. The number of carbonyl (C=O) groups excluding carboxylic acids is 1. The molecule has 1 amide bonds. The van der Waals surface area contributed by atoms with Crippen LogP contribution in [0.5, 0.6) is 0 Å². The Hall–Kier alpha value is -2.75. The predicted octanol–water partition coefficient (Wildman–Crippen LogP) is 4.84. The Morgan fingerprint density at radius 1 is 1.25 bits per heavy atom. The zero-order valence-electron chi connectivity index (χ0n) is 18.0. The van der Waals surface area contributed by atoms with Gasteiger partial charge >= 0.3 is 6.18 Å². The van der Waals surface area contributed by atoms with Crippen LogP contribution in [0.15, 0.2) is 29.1 Å². The molecule has 0 bridgehead atoms. The molecule has 0 saturated heterocycles. The number of fused-ring (bicyclic) bond motifs is 1. The average Bonchev–Trinajstić information content (AvgIpc) is 3.02. The zero-order chi connectivity index (χ0) is 23.8. The van der Waals surface area contributed by atoms with Crippen LogP contribution in [-0.2, 0) is 12.6 Å². The Bertz CT molecular complexity index is 1210. The molecule has 3 rings (SSSR count). The molecule has 1 unspecified atom stereocenters. The van der Waals surface area contributed by atoms with Crippen LogP contribution in [0, 0.1) is 24.6 Å². The van der Waals surface area contributed by atoms with Crippen LogP contribution in [0.2, 0.25) is 0 Å². The van der Waals surface area contributed by atoms with Crippen molar-refractivity contribution in [1.29, 1.82) is 0 Å². The lowest BCUT2D eigenvalue weighted by Gasteiger charge is -2.16. The second-order valence-corrected chi connectivity index (χ2v) is 9.28. The third-order valence-corrected chi connectivity index (χ3v) is 6.39. The molecule has 2 aromatic heterocycles. The fraction of sp³-hybridized carbons (Fsp3) is 0.409. The quantitative estimate of drug-likeness (QED) is 0.526. The predicted molar refractivity (Wildman–Crippen MR) is 115 cm³/mol. The van der Waals surface area contributed by atoms with E-state index in [1.54, 1.807) is 6.92 Å². The normalized spacial score (nSPS) is 13.0. The second-order valence-electron chi connectivity index (χ2n) is 8.10. The first kappa shape index (κ1) is 23.9. The van der Waals surface area contributed by atoms with Crippen molar-refractivity contribution in [2.75, 3.05) is 6.54 Å². The number of alkyl halides is 3. The number of nitrogens with zero attached hydrogens (tertiary/aromatic N) is 2. The molecule has 0 spiro atoms. The molecule has 0 aliphatic heterocycles. The third-order valence-electron chi connectivity index (χ3n) is 5.44. The van der Waals surface area contributed by atoms with Gasteiger partial charge in [0.25, 0.3) is 11.5 Å². The van der Waals surface area contributed by atoms with E-state index in [1.807, 2.05) is 20.8 Å². The number of hydrogen-bond donors (Lipinski definition) is 1. The molecule has 10 heteroatoms. The molecular weight excluding hydrogens is 446 g/mol. The van der Waals surface area contributed by atoms with Crippen molar-refractivity contribution in [3.63, 3.8) is 0 Å². The van der Waals surface area contributed by atoms with E-state index >= 15 is 0 Å². The summed E-state index contributed by atoms with van der Waals surface area (Å²) >= 11 is 1.12. The van der Waals surface area contributed by atoms with Crippen LogP contribution in [-0.4, -0.2) is 21.8 Å². The van der Waals surface area contributed by atoms with Gasteiger partial charge in [-0.2, -0.15) is 13.2 Å². The van der Waals surface area contributed by atoms with Crippen LogP contribution in [0.1, 0.15) is 53.0 Å². The van der Waals surface area contributed by atoms with Crippen molar-refractivity contribution >= 4 is 22.2 Å². The van der Waals surface area contributed by atoms with E-state index in [9.17, 15) is 27.2 Å². The van der Waals surface area contributed by atoms with Gasteiger partial charge in [0.2, 0.25) is 0 Å². The SMILES string of the molecule is Cc1sc2nc(Cc3cccc(C(F)(F)F)c3F)cc(=O)n2c1C(=O)NCC(C)C(C)C. The molecule has 32 heavy (non-hydrogen) atoms. The topological polar surface area (TPSA) is 63.5 Å². The highest BCUT2D eigenvalue weighted by molar-refractivity contribution is 7.17. The zero-order valence-corrected chi connectivity index (χ0v) is 18.8. The monoisotopic (exact) mass is 469 g/mol. The van der Waals surface area contributed by atoms with E-state index in [2.05, 4.69) is 10.3 Å². The minimum Gasteiger partial charge on any atom is -0.350 e. The van der Waals surface area contributed by atoms with E-state index in [0.717, 1.165) is 23.5 Å². The van der Waals surface area contributed by atoms with Crippen molar-refractivity contribution in [3.05, 3.63) is 67.8 Å². The van der Waals surface area contributed by atoms with Gasteiger partial charge in [-0.3, -0.25) is 9.59 Å². The van der Waals surface area contributed by atoms with Crippen LogP contribution in [0.25, 0.3) is 4.96 Å². The number of aryl methyl sites for hydroxylation is 1. The van der Waals surface area contributed by atoms with Gasteiger partial charge in [-0.1, -0.05) is 32.9 Å². The summed E-state index contributed by atoms with van der Waals surface area (Å²) in [4.78, 5) is 30.6. The Balaban J connectivity index is 1.94. The lowest BCUT2D eigenvalue weighted by molar-refractivity contribution is -0.140. The summed E-state index contributed by atoms with van der Waals surface area (Å²) in [5.74, 6) is -1.17. The molecular formula is C22H23F4N3O2S. The number of thiazole rings is 1. The molecule has 3 aromatic rings. The standard InChI is InChI=1S/C22H23F4N3O2S/c1-11(2)12(3)10-27-20(31)19-13(4)32-21-28-15(9-17(30)29(19)21)8-14-6-5-7-16(18(14)23)22(24,25)26/h5-7,9,11-12H,8,10H2,1-4H3,(H,27,31). The number of halogens is 4. The van der Waals surface area contributed by atoms with Crippen molar-refractivity contribution in [3.8, 4) is 0 Å². The van der Waals surface area contributed by atoms with Crippen LogP contribution < -0.4 is 10.9 Å². The van der Waals surface area contributed by atoms with Gasteiger partial charge < -0.3 is 5.32 Å². The molecule has 1 aromatic carbocycles. The lowest BCUT2D eigenvalue weighted by Crippen LogP contribution is -2.33. The molecule has 0 fully saturated rings. The first-order valence-corrected chi connectivity index (χ1v) is 10.9. The van der Waals surface area contributed by atoms with E-state index in [1.165, 1.54) is 10.5 Å². The van der Waals surface area contributed by atoms with Crippen LogP contribution in [0.3, 0.4) is 0 Å². The van der Waals surface area contributed by atoms with Gasteiger partial charge in [-0.05, 0) is 30.4 Å². The third kappa shape index (κ3) is 4.85. The van der Waals surface area contributed by atoms with E-state index in [4.69, 9.17) is 0 Å². The van der Waals surface area contributed by atoms with E-state index in [0.29, 0.717) is 23.4 Å². The van der Waals surface area contributed by atoms with Crippen LogP contribution in [0.4, 0.5) is 17.6 Å². The Kier molecular flexibility index (Phi) is 6.73. The number of benzene rings is 1. The summed E-state index contributed by atoms with van der Waals surface area (Å²) in [7, 11) is 0. The highest BCUT2D eigenvalue weighted by Gasteiger charge is 2.34. The van der Waals surface area contributed by atoms with Gasteiger partial charge in [-0.15, -0.1) is 11.3 Å². The number of nitrogens with one attached hydrogen (secondary N) is 1. The summed E-state index contributed by atoms with van der Waals surface area (Å²) in [5.41, 5.74) is -1.84. The molecule has 2 heterocycles. The first-order valence-electron chi connectivity index (χ1n) is 10.0. The minimum absolute atomic E-state index is 0.120. The number of amides is 1. The fourth-order valence-electron chi connectivity index (χ4n) is 3.18. The largest absolute Gasteiger partial charge is 0.419 e. The second kappa shape index (κ2) is 9.01. The molecule has 0 aliphatic carbocycles. The van der Waals surface area contributed by atoms with E-state index < -0.39 is 29.0 Å². The maximum atomic E-state index is 14.4. The molecule has 0 saturated carbocycles. The number of aromatic nitrogens is 2. The van der Waals surface area contributed by atoms with Gasteiger partial charge in [0.1, 0.15) is 11.5 Å². The van der Waals surface area contributed by atoms with Crippen molar-refractivity contribution in [2.24, 2.45) is 11.8 Å². The summed E-state index contributed by atoms with van der Waals surface area (Å²) in [6, 6.07) is 4.12. The van der Waals surface area contributed by atoms with E-state index in [-0.39, 0.29) is 34.3 Å². The maximum Gasteiger partial charge on any atom is 0.419 e. The van der Waals surface area contributed by atoms with Gasteiger partial charge in [0, 0.05) is 23.9 Å². The highest BCUT2D eigenvalue weighted by Crippen LogP contribution is 2.33. The Labute approximate surface area is 186 Å². The molecule has 5 nitrogen and oxygen atoms in total. The van der Waals surface area contributed by atoms with Gasteiger partial charge in [0.15, 0.2) is 4.96 Å². The van der Waals surface area contributed by atoms with Crippen LogP contribution >= 0.6 is 11.3 Å². The highest BCUT2D eigenvalue weighted by atomic mass is 32.1. The smallest absolute Gasteiger partial charge is 0.350 e. The lowest BCUT2D eigenvalue weighted by atomic mass is 9.98. The fourth-order valence-corrected chi connectivity index (χ4v) is 4.17. The first-order chi connectivity index (χ1) is 14.9. The molecule has 1 N–H and O–H groups in total. The number of rotatable bonds is 6. The number of hydrogen-bond acceptors (Lipinski definition) is 4. The minimum atomic E-state index is -4.82. The number of carbonyl (C=O) groups is 1. The van der Waals surface area contributed by atoms with Crippen molar-refractivity contribution in [2.45, 2.75) is 40.3 Å². The Morgan fingerprint density at radius 3 is 2.56 bits per heavy atom. The summed E-state index contributed by atoms with van der Waals surface area (Å²) in [6.45, 7) is 8.24. The van der Waals surface area contributed by atoms with Crippen molar-refractivity contribution < 1.29 is 22.4 Å². The maximum absolute atomic E-state index is 14.4. The molecule has 0 aliphatic rings. The summed E-state index contributed by atoms with van der Waals surface area (Å²) in [6.07, 6.45) is -5.11. The molecule has 172 valence electrons. The Morgan fingerprint density at radius 2 is 1.94 bits per heavy atom. The average molecular weight is 470 g/mol. The van der Waals surface area contributed by atoms with Gasteiger partial charge in [0.05, 0.1) is 11.3 Å².